The fourth-order valence-corrected chi connectivity index (χ4v) is 4.28. The van der Waals surface area contributed by atoms with Gasteiger partial charge in [-0.25, -0.2) is 13.5 Å². The summed E-state index contributed by atoms with van der Waals surface area (Å²) < 4.78 is 29.6. The highest BCUT2D eigenvalue weighted by Crippen LogP contribution is 2.27. The van der Waals surface area contributed by atoms with Crippen LogP contribution in [0.3, 0.4) is 0 Å². The van der Waals surface area contributed by atoms with Crippen LogP contribution in [0.2, 0.25) is 0 Å². The van der Waals surface area contributed by atoms with Gasteiger partial charge in [-0.15, -0.1) is 0 Å². The molecule has 1 aromatic heterocycles. The fourth-order valence-electron chi connectivity index (χ4n) is 3.30. The Morgan fingerprint density at radius 3 is 2.29 bits per heavy atom. The molecule has 3 aromatic carbocycles. The zero-order chi connectivity index (χ0) is 25.3. The summed E-state index contributed by atoms with van der Waals surface area (Å²) in [6, 6.07) is 14.6. The third-order valence-corrected chi connectivity index (χ3v) is 6.12. The summed E-state index contributed by atoms with van der Waals surface area (Å²) >= 11 is 6.77. The fraction of sp³-hybridized carbons (Fsp3) is 0.0417. The second-order valence-corrected chi connectivity index (χ2v) is 9.29. The van der Waals surface area contributed by atoms with Crippen molar-refractivity contribution in [2.24, 2.45) is 0 Å². The van der Waals surface area contributed by atoms with E-state index in [4.69, 9.17) is 0 Å². The standard InChI is InChI=1S/C24H16Br2F2N4O3/c1-12-2-5-18(16(26)8-12)29-22(33)21-10-13-9-14(25)3-7-20(13)32(21)31-24(35)23(34)30-19-6-4-15(27)11-17(19)28/h2-11H,1H3,(H,29,33)(H,30,34)(H,31,35). The highest BCUT2D eigenvalue weighted by molar-refractivity contribution is 9.10. The highest BCUT2D eigenvalue weighted by atomic mass is 79.9. The monoisotopic (exact) mass is 604 g/mol. The molecule has 0 fully saturated rings. The Kier molecular flexibility index (Phi) is 6.99. The van der Waals surface area contributed by atoms with E-state index in [1.54, 1.807) is 30.3 Å². The van der Waals surface area contributed by atoms with Crippen molar-refractivity contribution in [1.29, 1.82) is 0 Å². The maximum atomic E-state index is 13.9. The van der Waals surface area contributed by atoms with E-state index in [-0.39, 0.29) is 11.4 Å². The molecule has 3 amide bonds. The minimum absolute atomic E-state index is 0.0414. The number of hydrogen-bond donors (Lipinski definition) is 3. The Bertz CT molecular complexity index is 1500. The van der Waals surface area contributed by atoms with Gasteiger partial charge < -0.3 is 10.6 Å². The van der Waals surface area contributed by atoms with Crippen LogP contribution in [0.1, 0.15) is 16.1 Å². The number of halogens is 4. The summed E-state index contributed by atoms with van der Waals surface area (Å²) in [6.45, 7) is 1.91. The van der Waals surface area contributed by atoms with Gasteiger partial charge in [-0.1, -0.05) is 22.0 Å². The molecular weight excluding hydrogens is 590 g/mol. The number of carbonyl (C=O) groups is 3. The topological polar surface area (TPSA) is 92.2 Å². The number of anilines is 2. The van der Waals surface area contributed by atoms with Crippen LogP contribution in [-0.4, -0.2) is 22.4 Å². The zero-order valence-electron chi connectivity index (χ0n) is 18.0. The Balaban J connectivity index is 1.64. The third kappa shape index (κ3) is 5.41. The van der Waals surface area contributed by atoms with Gasteiger partial charge in [0.1, 0.15) is 17.3 Å². The smallest absolute Gasteiger partial charge is 0.320 e. The third-order valence-electron chi connectivity index (χ3n) is 4.97. The first-order chi connectivity index (χ1) is 16.6. The molecule has 0 unspecified atom stereocenters. The summed E-state index contributed by atoms with van der Waals surface area (Å²) in [4.78, 5) is 38.2. The molecule has 0 aliphatic carbocycles. The summed E-state index contributed by atoms with van der Waals surface area (Å²) in [5.41, 5.74) is 3.99. The molecule has 11 heteroatoms. The van der Waals surface area contributed by atoms with Crippen LogP contribution >= 0.6 is 31.9 Å². The summed E-state index contributed by atoms with van der Waals surface area (Å²) in [6.07, 6.45) is 0. The first kappa shape index (κ1) is 24.6. The van der Waals surface area contributed by atoms with Gasteiger partial charge in [0.05, 0.1) is 16.9 Å². The van der Waals surface area contributed by atoms with Crippen molar-refractivity contribution >= 4 is 71.9 Å². The Hall–Kier alpha value is -3.57. The maximum Gasteiger partial charge on any atom is 0.328 e. The molecule has 0 aliphatic rings. The first-order valence-corrected chi connectivity index (χ1v) is 11.7. The lowest BCUT2D eigenvalue weighted by atomic mass is 10.2. The van der Waals surface area contributed by atoms with Crippen LogP contribution in [0.5, 0.6) is 0 Å². The Morgan fingerprint density at radius 2 is 1.57 bits per heavy atom. The first-order valence-electron chi connectivity index (χ1n) is 10.1. The van der Waals surface area contributed by atoms with Gasteiger partial charge >= 0.3 is 11.8 Å². The number of amides is 3. The van der Waals surface area contributed by atoms with E-state index in [1.165, 1.54) is 4.68 Å². The molecule has 0 atom stereocenters. The maximum absolute atomic E-state index is 13.9. The number of aromatic nitrogens is 1. The highest BCUT2D eigenvalue weighted by Gasteiger charge is 2.22. The van der Waals surface area contributed by atoms with Crippen LogP contribution in [0.25, 0.3) is 10.9 Å². The number of nitrogens with zero attached hydrogens (tertiary/aromatic N) is 1. The van der Waals surface area contributed by atoms with E-state index in [0.29, 0.717) is 27.1 Å². The van der Waals surface area contributed by atoms with Crippen LogP contribution in [-0.2, 0) is 9.59 Å². The average molecular weight is 606 g/mol. The molecule has 0 saturated heterocycles. The minimum Gasteiger partial charge on any atom is -0.320 e. The lowest BCUT2D eigenvalue weighted by Crippen LogP contribution is -2.36. The molecule has 0 aliphatic heterocycles. The van der Waals surface area contributed by atoms with Crippen LogP contribution in [0.4, 0.5) is 20.2 Å². The summed E-state index contributed by atoms with van der Waals surface area (Å²) in [5, 5.41) is 5.47. The van der Waals surface area contributed by atoms with Gasteiger partial charge in [-0.2, -0.15) is 0 Å². The predicted octanol–water partition coefficient (Wildman–Crippen LogP) is 5.71. The lowest BCUT2D eigenvalue weighted by molar-refractivity contribution is -0.133. The molecule has 7 nitrogen and oxygen atoms in total. The van der Waals surface area contributed by atoms with Gasteiger partial charge in [-0.3, -0.25) is 19.8 Å². The van der Waals surface area contributed by atoms with Crippen molar-refractivity contribution < 1.29 is 23.2 Å². The quantitative estimate of drug-likeness (QED) is 0.260. The van der Waals surface area contributed by atoms with Crippen LogP contribution in [0.15, 0.2) is 69.6 Å². The molecule has 3 N–H and O–H groups in total. The Morgan fingerprint density at radius 1 is 0.829 bits per heavy atom. The normalized spacial score (nSPS) is 10.8. The van der Waals surface area contributed by atoms with Crippen molar-refractivity contribution in [2.75, 3.05) is 16.1 Å². The van der Waals surface area contributed by atoms with Crippen molar-refractivity contribution in [2.45, 2.75) is 6.92 Å². The molecule has 0 radical (unpaired) electrons. The summed E-state index contributed by atoms with van der Waals surface area (Å²) in [5.74, 6) is -4.79. The van der Waals surface area contributed by atoms with E-state index >= 15 is 0 Å². The van der Waals surface area contributed by atoms with Crippen LogP contribution < -0.4 is 16.1 Å². The molecule has 35 heavy (non-hydrogen) atoms. The van der Waals surface area contributed by atoms with E-state index in [1.807, 2.05) is 19.1 Å². The second-order valence-electron chi connectivity index (χ2n) is 7.52. The summed E-state index contributed by atoms with van der Waals surface area (Å²) in [7, 11) is 0. The van der Waals surface area contributed by atoms with Gasteiger partial charge in [-0.05, 0) is 76.9 Å². The number of hydrogen-bond acceptors (Lipinski definition) is 3. The molecule has 0 bridgehead atoms. The van der Waals surface area contributed by atoms with Crippen molar-refractivity contribution in [3.05, 3.63) is 92.5 Å². The molecule has 4 aromatic rings. The van der Waals surface area contributed by atoms with Gasteiger partial charge in [0, 0.05) is 20.4 Å². The molecule has 178 valence electrons. The molecule has 1 heterocycles. The zero-order valence-corrected chi connectivity index (χ0v) is 21.1. The number of rotatable bonds is 4. The van der Waals surface area contributed by atoms with E-state index in [0.717, 1.165) is 22.2 Å². The number of nitrogens with one attached hydrogen (secondary N) is 3. The Labute approximate surface area is 214 Å². The van der Waals surface area contributed by atoms with Gasteiger partial charge in [0.2, 0.25) is 0 Å². The van der Waals surface area contributed by atoms with Gasteiger partial charge in [0.25, 0.3) is 5.91 Å². The molecule has 4 rings (SSSR count). The lowest BCUT2D eigenvalue weighted by Gasteiger charge is -2.13. The predicted molar refractivity (Wildman–Crippen MR) is 136 cm³/mol. The average Bonchev–Trinajstić information content (AvgIpc) is 3.14. The largest absolute Gasteiger partial charge is 0.328 e. The van der Waals surface area contributed by atoms with Crippen molar-refractivity contribution in [3.8, 4) is 0 Å². The number of carbonyl (C=O) groups excluding carboxylic acids is 3. The van der Waals surface area contributed by atoms with Gasteiger partial charge in [0.15, 0.2) is 0 Å². The molecule has 0 saturated carbocycles. The SMILES string of the molecule is Cc1ccc(NC(=O)c2cc3cc(Br)ccc3n2NC(=O)C(=O)Nc2ccc(F)cc2F)c(Br)c1. The number of benzene rings is 3. The molecule has 0 spiro atoms. The van der Waals surface area contributed by atoms with Crippen molar-refractivity contribution in [1.82, 2.24) is 4.68 Å². The van der Waals surface area contributed by atoms with E-state index in [2.05, 4.69) is 47.9 Å². The number of aryl methyl sites for hydroxylation is 1. The van der Waals surface area contributed by atoms with E-state index in [9.17, 15) is 23.2 Å². The minimum atomic E-state index is -1.21. The second kappa shape index (κ2) is 9.96. The molecular formula is C24H16Br2F2N4O3. The van der Waals surface area contributed by atoms with Crippen LogP contribution in [0, 0.1) is 18.6 Å². The van der Waals surface area contributed by atoms with Crippen molar-refractivity contribution in [3.63, 3.8) is 0 Å². The van der Waals surface area contributed by atoms with E-state index < -0.39 is 29.4 Å². The number of fused-ring (bicyclic) bond motifs is 1.